The van der Waals surface area contributed by atoms with E-state index >= 15 is 0 Å². The summed E-state index contributed by atoms with van der Waals surface area (Å²) in [6.45, 7) is 0.331. The fourth-order valence-electron chi connectivity index (χ4n) is 2.52. The number of amides is 1. The molecule has 1 saturated heterocycles. The number of hydrogen-bond acceptors (Lipinski definition) is 5. The highest BCUT2D eigenvalue weighted by Crippen LogP contribution is 2.34. The summed E-state index contributed by atoms with van der Waals surface area (Å²) in [5.74, 6) is 1.91. The average Bonchev–Trinajstić information content (AvgIpc) is 3.35. The Morgan fingerprint density at radius 3 is 2.69 bits per heavy atom. The van der Waals surface area contributed by atoms with Gasteiger partial charge in [0.2, 0.25) is 0 Å². The van der Waals surface area contributed by atoms with E-state index in [0.717, 1.165) is 15.8 Å². The fraction of sp³-hybridized carbons (Fsp3) is 0.0526. The maximum atomic E-state index is 12.6. The molecule has 3 aromatic rings. The van der Waals surface area contributed by atoms with Crippen LogP contribution >= 0.6 is 39.9 Å². The van der Waals surface area contributed by atoms with Crippen LogP contribution < -0.4 is 0 Å². The maximum absolute atomic E-state index is 12.6. The largest absolute Gasteiger partial charge is 0.467 e. The molecule has 3 heterocycles. The van der Waals surface area contributed by atoms with Gasteiger partial charge in [-0.1, -0.05) is 52.0 Å². The van der Waals surface area contributed by atoms with Gasteiger partial charge in [-0.25, -0.2) is 0 Å². The van der Waals surface area contributed by atoms with Crippen LogP contribution in [-0.4, -0.2) is 15.1 Å². The lowest BCUT2D eigenvalue weighted by Crippen LogP contribution is -2.27. The predicted molar refractivity (Wildman–Crippen MR) is 109 cm³/mol. The van der Waals surface area contributed by atoms with Crippen molar-refractivity contribution in [1.29, 1.82) is 0 Å². The number of carbonyl (C=O) groups excluding carboxylic acids is 1. The molecule has 1 fully saturated rings. The molecule has 1 amide bonds. The zero-order valence-corrected chi connectivity index (χ0v) is 16.6. The van der Waals surface area contributed by atoms with Crippen molar-refractivity contribution in [2.45, 2.75) is 6.54 Å². The number of nitrogens with zero attached hydrogens (tertiary/aromatic N) is 1. The first-order valence-electron chi connectivity index (χ1n) is 7.74. The van der Waals surface area contributed by atoms with Crippen LogP contribution in [0.2, 0.25) is 0 Å². The van der Waals surface area contributed by atoms with Crippen LogP contribution in [0.25, 0.3) is 17.4 Å². The van der Waals surface area contributed by atoms with E-state index in [1.165, 1.54) is 16.7 Å². The molecule has 4 rings (SSSR count). The van der Waals surface area contributed by atoms with Gasteiger partial charge < -0.3 is 8.83 Å². The van der Waals surface area contributed by atoms with Crippen molar-refractivity contribution in [2.24, 2.45) is 0 Å². The van der Waals surface area contributed by atoms with Crippen molar-refractivity contribution >= 4 is 56.2 Å². The summed E-state index contributed by atoms with van der Waals surface area (Å²) in [6, 6.07) is 15.2. The van der Waals surface area contributed by atoms with Gasteiger partial charge in [0.15, 0.2) is 0 Å². The maximum Gasteiger partial charge on any atom is 0.266 e. The molecule has 0 unspecified atom stereocenters. The van der Waals surface area contributed by atoms with Crippen molar-refractivity contribution in [3.05, 3.63) is 75.7 Å². The van der Waals surface area contributed by atoms with Crippen LogP contribution in [0.15, 0.2) is 73.0 Å². The van der Waals surface area contributed by atoms with Crippen molar-refractivity contribution in [1.82, 2.24) is 4.90 Å². The summed E-state index contributed by atoms with van der Waals surface area (Å²) in [7, 11) is 0. The van der Waals surface area contributed by atoms with E-state index in [-0.39, 0.29) is 5.91 Å². The van der Waals surface area contributed by atoms with Crippen LogP contribution in [-0.2, 0) is 11.3 Å². The van der Waals surface area contributed by atoms with Crippen LogP contribution in [0.1, 0.15) is 11.5 Å². The molecule has 0 atom stereocenters. The third-order valence-electron chi connectivity index (χ3n) is 3.80. The molecule has 2 aromatic heterocycles. The molecule has 0 saturated carbocycles. The van der Waals surface area contributed by atoms with Crippen molar-refractivity contribution < 1.29 is 13.6 Å². The van der Waals surface area contributed by atoms with E-state index in [0.29, 0.717) is 27.3 Å². The van der Waals surface area contributed by atoms with Gasteiger partial charge in [-0.2, -0.15) is 0 Å². The second-order valence-corrected chi connectivity index (χ2v) is 8.15. The van der Waals surface area contributed by atoms with Gasteiger partial charge >= 0.3 is 0 Å². The number of rotatable bonds is 4. The summed E-state index contributed by atoms with van der Waals surface area (Å²) in [5.41, 5.74) is 0.971. The smallest absolute Gasteiger partial charge is 0.266 e. The molecule has 130 valence electrons. The van der Waals surface area contributed by atoms with Crippen LogP contribution in [0.4, 0.5) is 0 Å². The molecule has 0 radical (unpaired) electrons. The standard InChI is InChI=1S/C19H12BrNO3S2/c20-13-5-3-12(4-6-13)16-8-7-14(24-16)10-17-18(22)21(19(25)26-17)11-15-2-1-9-23-15/h1-10H,11H2/b17-10+. The molecular weight excluding hydrogens is 434 g/mol. The zero-order chi connectivity index (χ0) is 18.1. The van der Waals surface area contributed by atoms with Gasteiger partial charge in [-0.15, -0.1) is 0 Å². The third-order valence-corrected chi connectivity index (χ3v) is 5.70. The highest BCUT2D eigenvalue weighted by Gasteiger charge is 2.32. The molecule has 1 aliphatic rings. The number of benzene rings is 1. The lowest BCUT2D eigenvalue weighted by molar-refractivity contribution is -0.122. The molecule has 1 aromatic carbocycles. The van der Waals surface area contributed by atoms with Crippen molar-refractivity contribution in [3.8, 4) is 11.3 Å². The van der Waals surface area contributed by atoms with Crippen molar-refractivity contribution in [3.63, 3.8) is 0 Å². The van der Waals surface area contributed by atoms with Crippen LogP contribution in [0.5, 0.6) is 0 Å². The zero-order valence-electron chi connectivity index (χ0n) is 13.3. The molecule has 0 N–H and O–H groups in total. The SMILES string of the molecule is O=C1/C(=C\c2ccc(-c3ccc(Br)cc3)o2)SC(=S)N1Cc1ccco1. The van der Waals surface area contributed by atoms with Gasteiger partial charge in [0.1, 0.15) is 21.6 Å². The summed E-state index contributed by atoms with van der Waals surface area (Å²) in [6.07, 6.45) is 3.30. The lowest BCUT2D eigenvalue weighted by Gasteiger charge is -2.11. The minimum absolute atomic E-state index is 0.141. The summed E-state index contributed by atoms with van der Waals surface area (Å²) in [5, 5.41) is 0. The minimum atomic E-state index is -0.141. The van der Waals surface area contributed by atoms with Gasteiger partial charge in [0.05, 0.1) is 17.7 Å². The Labute approximate surface area is 168 Å². The van der Waals surface area contributed by atoms with Crippen molar-refractivity contribution in [2.75, 3.05) is 0 Å². The highest BCUT2D eigenvalue weighted by molar-refractivity contribution is 9.10. The Hall–Kier alpha value is -2.09. The van der Waals surface area contributed by atoms with Gasteiger partial charge in [0.25, 0.3) is 5.91 Å². The second-order valence-electron chi connectivity index (χ2n) is 5.56. The highest BCUT2D eigenvalue weighted by atomic mass is 79.9. The van der Waals surface area contributed by atoms with E-state index in [1.54, 1.807) is 18.4 Å². The number of hydrogen-bond donors (Lipinski definition) is 0. The Kier molecular flexibility index (Phi) is 4.84. The lowest BCUT2D eigenvalue weighted by atomic mass is 10.2. The van der Waals surface area contributed by atoms with E-state index < -0.39 is 0 Å². The number of furan rings is 2. The number of thiocarbonyl (C=S) groups is 1. The second kappa shape index (κ2) is 7.26. The predicted octanol–water partition coefficient (Wildman–Crippen LogP) is 5.70. The van der Waals surface area contributed by atoms with E-state index in [2.05, 4.69) is 15.9 Å². The normalized spacial score (nSPS) is 16.0. The monoisotopic (exact) mass is 445 g/mol. The quantitative estimate of drug-likeness (QED) is 0.380. The Morgan fingerprint density at radius 1 is 1.15 bits per heavy atom. The summed E-state index contributed by atoms with van der Waals surface area (Å²) >= 11 is 10.0. The first-order chi connectivity index (χ1) is 12.6. The summed E-state index contributed by atoms with van der Waals surface area (Å²) < 4.78 is 12.7. The molecule has 7 heteroatoms. The Bertz CT molecular complexity index is 990. The Morgan fingerprint density at radius 2 is 1.96 bits per heavy atom. The first-order valence-corrected chi connectivity index (χ1v) is 9.75. The van der Waals surface area contributed by atoms with E-state index in [1.807, 2.05) is 42.5 Å². The summed E-state index contributed by atoms with van der Waals surface area (Å²) in [4.78, 5) is 14.7. The van der Waals surface area contributed by atoms with E-state index in [9.17, 15) is 4.79 Å². The number of thioether (sulfide) groups is 1. The fourth-order valence-corrected chi connectivity index (χ4v) is 4.02. The Balaban J connectivity index is 1.54. The number of carbonyl (C=O) groups is 1. The van der Waals surface area contributed by atoms with Crippen LogP contribution in [0.3, 0.4) is 0 Å². The van der Waals surface area contributed by atoms with Gasteiger partial charge in [0, 0.05) is 16.1 Å². The topological polar surface area (TPSA) is 46.6 Å². The average molecular weight is 446 g/mol. The molecule has 0 aliphatic carbocycles. The number of halogens is 1. The minimum Gasteiger partial charge on any atom is -0.467 e. The molecule has 0 bridgehead atoms. The van der Waals surface area contributed by atoms with Crippen LogP contribution in [0, 0.1) is 0 Å². The third kappa shape index (κ3) is 3.56. The molecular formula is C19H12BrNO3S2. The molecule has 0 spiro atoms. The first kappa shape index (κ1) is 17.3. The van der Waals surface area contributed by atoms with E-state index in [4.69, 9.17) is 21.1 Å². The van der Waals surface area contributed by atoms with Gasteiger partial charge in [-0.3, -0.25) is 9.69 Å². The molecule has 4 nitrogen and oxygen atoms in total. The molecule has 1 aliphatic heterocycles. The molecule has 26 heavy (non-hydrogen) atoms. The van der Waals surface area contributed by atoms with Gasteiger partial charge in [-0.05, 0) is 36.4 Å².